The highest BCUT2D eigenvalue weighted by Crippen LogP contribution is 2.05. The first-order chi connectivity index (χ1) is 9.65. The second-order valence-electron chi connectivity index (χ2n) is 4.51. The van der Waals surface area contributed by atoms with E-state index < -0.39 is 0 Å². The Kier molecular flexibility index (Phi) is 4.16. The molecule has 5 heteroatoms. The van der Waals surface area contributed by atoms with Crippen molar-refractivity contribution in [2.45, 2.75) is 26.4 Å². The molecule has 0 saturated carbocycles. The van der Waals surface area contributed by atoms with Gasteiger partial charge in [0.2, 0.25) is 0 Å². The Labute approximate surface area is 116 Å². The number of carbonyl (C=O) groups excluding carboxylic acids is 1. The summed E-state index contributed by atoms with van der Waals surface area (Å²) in [5.74, 6) is -0.147. The fourth-order valence-electron chi connectivity index (χ4n) is 1.96. The SMILES string of the molecule is CCCn1ccn(CC(=O)c2ccc(C#N)cc2)c1=O. The lowest BCUT2D eigenvalue weighted by Crippen LogP contribution is -2.26. The van der Waals surface area contributed by atoms with Crippen LogP contribution in [0.4, 0.5) is 0 Å². The molecule has 0 bridgehead atoms. The van der Waals surface area contributed by atoms with E-state index in [9.17, 15) is 9.59 Å². The van der Waals surface area contributed by atoms with Crippen LogP contribution in [0.2, 0.25) is 0 Å². The average molecular weight is 269 g/mol. The molecule has 0 fully saturated rings. The highest BCUT2D eigenvalue weighted by Gasteiger charge is 2.10. The van der Waals surface area contributed by atoms with Gasteiger partial charge in [-0.3, -0.25) is 13.9 Å². The third-order valence-corrected chi connectivity index (χ3v) is 3.03. The maximum absolute atomic E-state index is 12.1. The summed E-state index contributed by atoms with van der Waals surface area (Å²) in [7, 11) is 0. The number of benzene rings is 1. The van der Waals surface area contributed by atoms with Crippen molar-refractivity contribution in [3.63, 3.8) is 0 Å². The number of aromatic nitrogens is 2. The fourth-order valence-corrected chi connectivity index (χ4v) is 1.96. The van der Waals surface area contributed by atoms with E-state index in [0.717, 1.165) is 6.42 Å². The number of ketones is 1. The van der Waals surface area contributed by atoms with Gasteiger partial charge in [-0.1, -0.05) is 19.1 Å². The highest BCUT2D eigenvalue weighted by atomic mass is 16.2. The highest BCUT2D eigenvalue weighted by molar-refractivity contribution is 5.95. The van der Waals surface area contributed by atoms with Gasteiger partial charge in [0.05, 0.1) is 18.2 Å². The molecule has 0 aliphatic carbocycles. The molecule has 0 unspecified atom stereocenters. The van der Waals surface area contributed by atoms with Crippen molar-refractivity contribution in [2.24, 2.45) is 0 Å². The van der Waals surface area contributed by atoms with Crippen molar-refractivity contribution in [1.82, 2.24) is 9.13 Å². The number of rotatable bonds is 5. The largest absolute Gasteiger partial charge is 0.328 e. The number of imidazole rings is 1. The van der Waals surface area contributed by atoms with Crippen molar-refractivity contribution in [2.75, 3.05) is 0 Å². The van der Waals surface area contributed by atoms with Crippen LogP contribution in [0, 0.1) is 11.3 Å². The van der Waals surface area contributed by atoms with Crippen molar-refractivity contribution in [3.05, 3.63) is 58.3 Å². The first-order valence-corrected chi connectivity index (χ1v) is 6.44. The Morgan fingerprint density at radius 1 is 1.20 bits per heavy atom. The van der Waals surface area contributed by atoms with Crippen LogP contribution in [0.15, 0.2) is 41.5 Å². The average Bonchev–Trinajstić information content (AvgIpc) is 2.81. The van der Waals surface area contributed by atoms with E-state index in [4.69, 9.17) is 5.26 Å². The molecule has 0 aliphatic rings. The zero-order valence-corrected chi connectivity index (χ0v) is 11.2. The molecule has 2 rings (SSSR count). The molecule has 0 spiro atoms. The number of hydrogen-bond acceptors (Lipinski definition) is 3. The van der Waals surface area contributed by atoms with Gasteiger partial charge in [0.25, 0.3) is 0 Å². The standard InChI is InChI=1S/C15H15N3O2/c1-2-7-17-8-9-18(15(17)20)11-14(19)13-5-3-12(10-16)4-6-13/h3-6,8-9H,2,7,11H2,1H3. The van der Waals surface area contributed by atoms with E-state index >= 15 is 0 Å². The van der Waals surface area contributed by atoms with Crippen LogP contribution in [0.25, 0.3) is 0 Å². The number of hydrogen-bond donors (Lipinski definition) is 0. The van der Waals surface area contributed by atoms with Gasteiger partial charge in [0, 0.05) is 24.5 Å². The lowest BCUT2D eigenvalue weighted by molar-refractivity contribution is 0.0970. The Morgan fingerprint density at radius 2 is 1.85 bits per heavy atom. The van der Waals surface area contributed by atoms with Gasteiger partial charge < -0.3 is 0 Å². The number of aryl methyl sites for hydroxylation is 1. The summed E-state index contributed by atoms with van der Waals surface area (Å²) in [6.07, 6.45) is 4.19. The molecule has 1 heterocycles. The number of Topliss-reactive ketones (excluding diaryl/α,β-unsaturated/α-hetero) is 1. The molecule has 20 heavy (non-hydrogen) atoms. The van der Waals surface area contributed by atoms with E-state index in [1.807, 2.05) is 13.0 Å². The van der Waals surface area contributed by atoms with Gasteiger partial charge >= 0.3 is 5.69 Å². The Balaban J connectivity index is 2.15. The molecule has 2 aromatic rings. The van der Waals surface area contributed by atoms with Crippen molar-refractivity contribution in [1.29, 1.82) is 5.26 Å². The second kappa shape index (κ2) is 6.02. The van der Waals surface area contributed by atoms with Crippen molar-refractivity contribution < 1.29 is 4.79 Å². The number of carbonyl (C=O) groups is 1. The van der Waals surface area contributed by atoms with Crippen LogP contribution in [0.5, 0.6) is 0 Å². The summed E-state index contributed by atoms with van der Waals surface area (Å²) in [4.78, 5) is 24.0. The minimum Gasteiger partial charge on any atom is -0.299 e. The van der Waals surface area contributed by atoms with Crippen molar-refractivity contribution in [3.8, 4) is 6.07 Å². The molecule has 0 N–H and O–H groups in total. The number of nitrogens with zero attached hydrogens (tertiary/aromatic N) is 3. The van der Waals surface area contributed by atoms with Crippen LogP contribution in [0.3, 0.4) is 0 Å². The van der Waals surface area contributed by atoms with E-state index in [2.05, 4.69) is 0 Å². The van der Waals surface area contributed by atoms with Gasteiger partial charge in [-0.2, -0.15) is 5.26 Å². The van der Waals surface area contributed by atoms with Gasteiger partial charge in [0.15, 0.2) is 5.78 Å². The van der Waals surface area contributed by atoms with Gasteiger partial charge in [0.1, 0.15) is 0 Å². The molecular formula is C15H15N3O2. The minimum absolute atomic E-state index is 0.0153. The third kappa shape index (κ3) is 2.86. The van der Waals surface area contributed by atoms with E-state index in [-0.39, 0.29) is 18.0 Å². The normalized spacial score (nSPS) is 10.2. The van der Waals surface area contributed by atoms with E-state index in [1.54, 1.807) is 41.2 Å². The summed E-state index contributed by atoms with van der Waals surface area (Å²) < 4.78 is 2.99. The predicted molar refractivity (Wildman–Crippen MR) is 74.5 cm³/mol. The smallest absolute Gasteiger partial charge is 0.299 e. The fraction of sp³-hybridized carbons (Fsp3) is 0.267. The molecule has 0 saturated heterocycles. The Hall–Kier alpha value is -2.61. The molecule has 0 aliphatic heterocycles. The second-order valence-corrected chi connectivity index (χ2v) is 4.51. The van der Waals surface area contributed by atoms with Crippen molar-refractivity contribution >= 4 is 5.78 Å². The lowest BCUT2D eigenvalue weighted by atomic mass is 10.1. The zero-order chi connectivity index (χ0) is 14.5. The molecular weight excluding hydrogens is 254 g/mol. The molecule has 1 aromatic carbocycles. The van der Waals surface area contributed by atoms with Crippen LogP contribution >= 0.6 is 0 Å². The summed E-state index contributed by atoms with van der Waals surface area (Å²) in [5, 5.41) is 8.71. The molecule has 0 amide bonds. The first-order valence-electron chi connectivity index (χ1n) is 6.44. The quantitative estimate of drug-likeness (QED) is 0.777. The zero-order valence-electron chi connectivity index (χ0n) is 11.2. The summed E-state index contributed by atoms with van der Waals surface area (Å²) in [6.45, 7) is 2.66. The predicted octanol–water partition coefficient (Wildman–Crippen LogP) is 1.81. The van der Waals surface area contributed by atoms with Gasteiger partial charge in [-0.15, -0.1) is 0 Å². The monoisotopic (exact) mass is 269 g/mol. The third-order valence-electron chi connectivity index (χ3n) is 3.03. The van der Waals surface area contributed by atoms with Gasteiger partial charge in [-0.25, -0.2) is 4.79 Å². The molecule has 1 aromatic heterocycles. The van der Waals surface area contributed by atoms with Crippen LogP contribution in [-0.4, -0.2) is 14.9 Å². The first kappa shape index (κ1) is 13.8. The van der Waals surface area contributed by atoms with E-state index in [0.29, 0.717) is 17.7 Å². The summed E-state index contributed by atoms with van der Waals surface area (Å²) >= 11 is 0. The Morgan fingerprint density at radius 3 is 2.45 bits per heavy atom. The molecule has 102 valence electrons. The molecule has 5 nitrogen and oxygen atoms in total. The number of nitriles is 1. The molecule has 0 atom stereocenters. The maximum atomic E-state index is 12.1. The van der Waals surface area contributed by atoms with E-state index in [1.165, 1.54) is 4.57 Å². The lowest BCUT2D eigenvalue weighted by Gasteiger charge is -2.02. The maximum Gasteiger partial charge on any atom is 0.328 e. The minimum atomic E-state index is -0.172. The summed E-state index contributed by atoms with van der Waals surface area (Å²) in [5.41, 5.74) is 0.834. The Bertz CT molecular complexity index is 702. The topological polar surface area (TPSA) is 67.8 Å². The van der Waals surface area contributed by atoms with Crippen LogP contribution in [0.1, 0.15) is 29.3 Å². The molecule has 0 radical (unpaired) electrons. The summed E-state index contributed by atoms with van der Waals surface area (Å²) in [6, 6.07) is 8.40. The van der Waals surface area contributed by atoms with Crippen LogP contribution < -0.4 is 5.69 Å². The van der Waals surface area contributed by atoms with Crippen LogP contribution in [-0.2, 0) is 13.1 Å². The van der Waals surface area contributed by atoms with Gasteiger partial charge in [-0.05, 0) is 18.6 Å².